The number of hydrogen-bond acceptors (Lipinski definition) is 8. The van der Waals surface area contributed by atoms with Crippen LogP contribution < -0.4 is 20.5 Å². The Kier molecular flexibility index (Phi) is 6.68. The lowest BCUT2D eigenvalue weighted by atomic mass is 9.95. The topological polar surface area (TPSA) is 120 Å². The minimum Gasteiger partial charge on any atom is -0.454 e. The summed E-state index contributed by atoms with van der Waals surface area (Å²) in [4.78, 5) is 28.5. The Bertz CT molecular complexity index is 1220. The van der Waals surface area contributed by atoms with Crippen LogP contribution in [0.4, 0.5) is 10.6 Å². The lowest BCUT2D eigenvalue weighted by molar-refractivity contribution is 0.161. The number of fused-ring (bicyclic) bond motifs is 2. The molecular formula is C22H26BrN7O3S. The van der Waals surface area contributed by atoms with Crippen LogP contribution in [-0.2, 0) is 6.54 Å². The van der Waals surface area contributed by atoms with Crippen LogP contribution in [0.2, 0.25) is 0 Å². The van der Waals surface area contributed by atoms with Gasteiger partial charge in [0.15, 0.2) is 33.6 Å². The van der Waals surface area contributed by atoms with Crippen LogP contribution in [0, 0.1) is 5.92 Å². The second-order valence-electron chi connectivity index (χ2n) is 8.29. The maximum atomic E-state index is 12.3. The van der Waals surface area contributed by atoms with Gasteiger partial charge < -0.3 is 30.0 Å². The molecule has 1 atom stereocenters. The van der Waals surface area contributed by atoms with Crippen molar-refractivity contribution in [2.24, 2.45) is 5.92 Å². The molecule has 12 heteroatoms. The van der Waals surface area contributed by atoms with E-state index in [9.17, 15) is 4.79 Å². The van der Waals surface area contributed by atoms with Crippen molar-refractivity contribution < 1.29 is 14.3 Å². The molecule has 1 unspecified atom stereocenters. The molecule has 0 spiro atoms. The molecule has 1 aromatic carbocycles. The van der Waals surface area contributed by atoms with Crippen molar-refractivity contribution in [3.63, 3.8) is 0 Å². The maximum absolute atomic E-state index is 12.3. The summed E-state index contributed by atoms with van der Waals surface area (Å²) < 4.78 is 14.0. The van der Waals surface area contributed by atoms with E-state index in [2.05, 4.69) is 35.8 Å². The van der Waals surface area contributed by atoms with Gasteiger partial charge in [-0.1, -0.05) is 11.8 Å². The van der Waals surface area contributed by atoms with E-state index < -0.39 is 0 Å². The maximum Gasteiger partial charge on any atom is 0.317 e. The van der Waals surface area contributed by atoms with E-state index in [-0.39, 0.29) is 12.8 Å². The molecular weight excluding hydrogens is 522 g/mol. The van der Waals surface area contributed by atoms with Crippen molar-refractivity contribution in [3.8, 4) is 11.5 Å². The van der Waals surface area contributed by atoms with E-state index in [1.807, 2.05) is 24.0 Å². The number of nitrogens with two attached hydrogens (primary N) is 1. The third kappa shape index (κ3) is 4.61. The van der Waals surface area contributed by atoms with E-state index in [4.69, 9.17) is 20.2 Å². The minimum absolute atomic E-state index is 0.0182. The Morgan fingerprint density at radius 2 is 2.15 bits per heavy atom. The molecule has 1 fully saturated rings. The molecule has 2 amide bonds. The number of carbonyl (C=O) groups is 1. The fourth-order valence-electron chi connectivity index (χ4n) is 4.35. The highest BCUT2D eigenvalue weighted by atomic mass is 79.9. The van der Waals surface area contributed by atoms with Crippen LogP contribution in [0.15, 0.2) is 33.0 Å². The fourth-order valence-corrected chi connectivity index (χ4v) is 5.86. The van der Waals surface area contributed by atoms with Crippen LogP contribution in [0.3, 0.4) is 0 Å². The predicted octanol–water partition coefficient (Wildman–Crippen LogP) is 3.88. The van der Waals surface area contributed by atoms with Gasteiger partial charge in [0.05, 0.1) is 0 Å². The number of likely N-dealkylation sites (tertiary alicyclic amines) is 1. The predicted molar refractivity (Wildman–Crippen MR) is 132 cm³/mol. The number of imidazole rings is 1. The fraction of sp³-hybridized carbons (Fsp3) is 0.455. The van der Waals surface area contributed by atoms with Gasteiger partial charge in [-0.05, 0) is 60.2 Å². The molecule has 5 rings (SSSR count). The van der Waals surface area contributed by atoms with Crippen molar-refractivity contribution in [2.45, 2.75) is 42.8 Å². The summed E-state index contributed by atoms with van der Waals surface area (Å²) in [6.45, 7) is 5.07. The smallest absolute Gasteiger partial charge is 0.317 e. The number of urea groups is 1. The van der Waals surface area contributed by atoms with Gasteiger partial charge in [-0.15, -0.1) is 0 Å². The highest BCUT2D eigenvalue weighted by Gasteiger charge is 2.25. The summed E-state index contributed by atoms with van der Waals surface area (Å²) in [5, 5.41) is 3.69. The molecule has 3 aromatic rings. The summed E-state index contributed by atoms with van der Waals surface area (Å²) in [6.07, 6.45) is 4.47. The molecule has 34 heavy (non-hydrogen) atoms. The number of carbonyl (C=O) groups excluding carboxylic acids is 1. The van der Waals surface area contributed by atoms with Gasteiger partial charge in [-0.2, -0.15) is 0 Å². The summed E-state index contributed by atoms with van der Waals surface area (Å²) in [6, 6.07) is 3.87. The summed E-state index contributed by atoms with van der Waals surface area (Å²) in [5.41, 5.74) is 7.42. The number of amides is 2. The Balaban J connectivity index is 1.39. The third-order valence-electron chi connectivity index (χ3n) is 6.05. The molecule has 1 saturated heterocycles. The van der Waals surface area contributed by atoms with Crippen LogP contribution in [0.5, 0.6) is 11.5 Å². The number of nitrogens with one attached hydrogen (secondary N) is 1. The number of halogens is 1. The summed E-state index contributed by atoms with van der Waals surface area (Å²) >= 11 is 5.15. The third-order valence-corrected chi connectivity index (χ3v) is 8.02. The van der Waals surface area contributed by atoms with Gasteiger partial charge in [-0.3, -0.25) is 0 Å². The minimum atomic E-state index is 0.0182. The number of piperidine rings is 1. The first-order valence-electron chi connectivity index (χ1n) is 11.3. The van der Waals surface area contributed by atoms with Crippen molar-refractivity contribution in [3.05, 3.63) is 22.9 Å². The summed E-state index contributed by atoms with van der Waals surface area (Å²) in [5.74, 6) is 2.19. The number of nitrogen functional groups attached to an aromatic ring is 1. The van der Waals surface area contributed by atoms with E-state index in [1.165, 1.54) is 18.1 Å². The average Bonchev–Trinajstić information content (AvgIpc) is 3.43. The molecule has 0 radical (unpaired) electrons. The molecule has 4 heterocycles. The lowest BCUT2D eigenvalue weighted by Gasteiger charge is -2.32. The number of benzene rings is 1. The second-order valence-corrected chi connectivity index (χ2v) is 10.2. The molecule has 3 N–H and O–H groups in total. The SMILES string of the molecule is CCNC(=O)N1CCCC(CCn2c(Sc3cc4c(cc3Br)OCO4)nc3c(N)ncnc32)C1. The number of aromatic nitrogens is 4. The van der Waals surface area contributed by atoms with Gasteiger partial charge >= 0.3 is 6.03 Å². The van der Waals surface area contributed by atoms with Crippen LogP contribution >= 0.6 is 27.7 Å². The molecule has 0 aliphatic carbocycles. The number of rotatable bonds is 6. The largest absolute Gasteiger partial charge is 0.454 e. The van der Waals surface area contributed by atoms with Crippen molar-refractivity contribution in [1.29, 1.82) is 0 Å². The van der Waals surface area contributed by atoms with Crippen molar-refractivity contribution in [1.82, 2.24) is 29.7 Å². The highest BCUT2D eigenvalue weighted by Crippen LogP contribution is 2.43. The van der Waals surface area contributed by atoms with Crippen LogP contribution in [0.25, 0.3) is 11.2 Å². The standard InChI is InChI=1S/C22H26BrN7O3S/c1-2-25-21(31)29-6-3-4-13(10-29)5-7-30-20-18(19(24)26-11-27-20)28-22(30)34-17-9-16-15(8-14(17)23)32-12-33-16/h8-9,11,13H,2-7,10,12H2,1H3,(H,25,31)(H2,24,26,27). The first-order chi connectivity index (χ1) is 16.5. The van der Waals surface area contributed by atoms with E-state index in [0.29, 0.717) is 47.5 Å². The Morgan fingerprint density at radius 1 is 1.32 bits per heavy atom. The molecule has 2 aliphatic heterocycles. The van der Waals surface area contributed by atoms with Crippen molar-refractivity contribution >= 4 is 50.7 Å². The highest BCUT2D eigenvalue weighted by molar-refractivity contribution is 9.10. The first-order valence-corrected chi connectivity index (χ1v) is 12.9. The number of aryl methyl sites for hydroxylation is 1. The van der Waals surface area contributed by atoms with Gasteiger partial charge in [0.25, 0.3) is 0 Å². The molecule has 2 aromatic heterocycles. The number of anilines is 1. The normalized spacial score (nSPS) is 17.4. The number of hydrogen-bond donors (Lipinski definition) is 2. The summed E-state index contributed by atoms with van der Waals surface area (Å²) in [7, 11) is 0. The molecule has 0 bridgehead atoms. The Morgan fingerprint density at radius 3 is 2.97 bits per heavy atom. The zero-order valence-electron chi connectivity index (χ0n) is 18.8. The zero-order valence-corrected chi connectivity index (χ0v) is 21.2. The van der Waals surface area contributed by atoms with Crippen LogP contribution in [0.1, 0.15) is 26.2 Å². The van der Waals surface area contributed by atoms with Crippen molar-refractivity contribution in [2.75, 3.05) is 32.2 Å². The van der Waals surface area contributed by atoms with Gasteiger partial charge in [0.2, 0.25) is 6.79 Å². The monoisotopic (exact) mass is 547 g/mol. The lowest BCUT2D eigenvalue weighted by Crippen LogP contribution is -2.45. The van der Waals surface area contributed by atoms with E-state index in [0.717, 1.165) is 46.9 Å². The molecule has 0 saturated carbocycles. The molecule has 180 valence electrons. The average molecular weight is 548 g/mol. The molecule has 2 aliphatic rings. The number of nitrogens with zero attached hydrogens (tertiary/aromatic N) is 5. The van der Waals surface area contributed by atoms with E-state index in [1.54, 1.807) is 0 Å². The number of ether oxygens (including phenoxy) is 2. The van der Waals surface area contributed by atoms with E-state index >= 15 is 0 Å². The van der Waals surface area contributed by atoms with Gasteiger partial charge in [0, 0.05) is 35.5 Å². The first kappa shape index (κ1) is 23.0. The zero-order chi connectivity index (χ0) is 23.7. The quantitative estimate of drug-likeness (QED) is 0.476. The van der Waals surface area contributed by atoms with Gasteiger partial charge in [-0.25, -0.2) is 19.7 Å². The van der Waals surface area contributed by atoms with Crippen LogP contribution in [-0.4, -0.2) is 56.9 Å². The Hall–Kier alpha value is -2.73. The van der Waals surface area contributed by atoms with Gasteiger partial charge in [0.1, 0.15) is 6.33 Å². The second kappa shape index (κ2) is 9.87. The molecule has 10 nitrogen and oxygen atoms in total. The Labute approximate surface area is 209 Å².